The highest BCUT2D eigenvalue weighted by atomic mass is 16.3. The summed E-state index contributed by atoms with van der Waals surface area (Å²) in [6.45, 7) is 4.90. The van der Waals surface area contributed by atoms with Gasteiger partial charge in [-0.25, -0.2) is 4.98 Å². The second-order valence-corrected chi connectivity index (χ2v) is 6.28. The number of nitrogens with zero attached hydrogens (tertiary/aromatic N) is 2. The normalized spacial score (nSPS) is 10.6. The Morgan fingerprint density at radius 2 is 1.77 bits per heavy atom. The Morgan fingerprint density at radius 3 is 2.54 bits per heavy atom. The molecule has 0 spiro atoms. The highest BCUT2D eigenvalue weighted by molar-refractivity contribution is 5.68. The molecule has 1 aromatic heterocycles. The average molecular weight is 348 g/mol. The number of aliphatic hydroxyl groups is 1. The maximum Gasteiger partial charge on any atom is 0.225 e. The van der Waals surface area contributed by atoms with Crippen LogP contribution in [-0.4, -0.2) is 28.2 Å². The molecule has 134 valence electrons. The molecule has 5 heteroatoms. The van der Waals surface area contributed by atoms with Crippen LogP contribution in [-0.2, 0) is 0 Å². The zero-order valence-corrected chi connectivity index (χ0v) is 15.2. The first-order valence-electron chi connectivity index (χ1n) is 8.79. The monoisotopic (exact) mass is 348 g/mol. The third-order valence-corrected chi connectivity index (χ3v) is 4.07. The number of hydrogen-bond donors (Lipinski definition) is 3. The van der Waals surface area contributed by atoms with Crippen LogP contribution in [0.15, 0.2) is 54.6 Å². The molecule has 0 saturated heterocycles. The Morgan fingerprint density at radius 1 is 0.962 bits per heavy atom. The number of hydrogen-bond acceptors (Lipinski definition) is 5. The number of anilines is 3. The third-order valence-electron chi connectivity index (χ3n) is 4.07. The first-order chi connectivity index (χ1) is 12.7. The molecule has 1 heterocycles. The molecule has 0 aliphatic carbocycles. The van der Waals surface area contributed by atoms with E-state index in [2.05, 4.69) is 52.6 Å². The summed E-state index contributed by atoms with van der Waals surface area (Å²) in [5.74, 6) is 1.28. The summed E-state index contributed by atoms with van der Waals surface area (Å²) in [5.41, 5.74) is 5.26. The molecule has 26 heavy (non-hydrogen) atoms. The predicted octanol–water partition coefficient (Wildman–Crippen LogP) is 4.30. The van der Waals surface area contributed by atoms with Crippen LogP contribution in [0.2, 0.25) is 0 Å². The van der Waals surface area contributed by atoms with E-state index in [0.717, 1.165) is 28.3 Å². The van der Waals surface area contributed by atoms with Crippen molar-refractivity contribution in [3.63, 3.8) is 0 Å². The lowest BCUT2D eigenvalue weighted by atomic mass is 10.1. The molecule has 0 aliphatic heterocycles. The molecule has 3 aromatic rings. The topological polar surface area (TPSA) is 70.1 Å². The van der Waals surface area contributed by atoms with E-state index in [4.69, 9.17) is 5.11 Å². The van der Waals surface area contributed by atoms with Crippen molar-refractivity contribution in [2.75, 3.05) is 23.8 Å². The number of aryl methyl sites for hydroxylation is 2. The van der Waals surface area contributed by atoms with Gasteiger partial charge in [0.05, 0.1) is 5.69 Å². The van der Waals surface area contributed by atoms with Crippen molar-refractivity contribution in [3.8, 4) is 11.3 Å². The largest absolute Gasteiger partial charge is 0.396 e. The molecule has 3 N–H and O–H groups in total. The fraction of sp³-hybridized carbons (Fsp3) is 0.238. The predicted molar refractivity (Wildman–Crippen MR) is 107 cm³/mol. The summed E-state index contributed by atoms with van der Waals surface area (Å²) in [5, 5.41) is 15.6. The molecule has 0 radical (unpaired) electrons. The molecule has 2 aromatic carbocycles. The van der Waals surface area contributed by atoms with Crippen LogP contribution < -0.4 is 10.6 Å². The zero-order chi connectivity index (χ0) is 18.4. The van der Waals surface area contributed by atoms with Crippen molar-refractivity contribution in [1.29, 1.82) is 0 Å². The van der Waals surface area contributed by atoms with Crippen LogP contribution >= 0.6 is 0 Å². The highest BCUT2D eigenvalue weighted by Crippen LogP contribution is 2.25. The van der Waals surface area contributed by atoms with Gasteiger partial charge in [-0.15, -0.1) is 0 Å². The van der Waals surface area contributed by atoms with Crippen molar-refractivity contribution >= 4 is 17.5 Å². The number of aliphatic hydroxyl groups excluding tert-OH is 1. The molecular formula is C21H24N4O. The first-order valence-corrected chi connectivity index (χ1v) is 8.79. The lowest BCUT2D eigenvalue weighted by molar-refractivity contribution is 0.292. The van der Waals surface area contributed by atoms with Crippen LogP contribution in [0.3, 0.4) is 0 Å². The van der Waals surface area contributed by atoms with Crippen LogP contribution in [0.1, 0.15) is 17.5 Å². The molecule has 0 fully saturated rings. The lowest BCUT2D eigenvalue weighted by Crippen LogP contribution is -2.09. The Hall–Kier alpha value is -2.92. The van der Waals surface area contributed by atoms with E-state index in [0.29, 0.717) is 18.9 Å². The second-order valence-electron chi connectivity index (χ2n) is 6.28. The van der Waals surface area contributed by atoms with E-state index in [9.17, 15) is 0 Å². The fourth-order valence-corrected chi connectivity index (χ4v) is 2.63. The smallest absolute Gasteiger partial charge is 0.225 e. The van der Waals surface area contributed by atoms with E-state index in [1.807, 2.05) is 36.4 Å². The Bertz CT molecular complexity index is 865. The standard InChI is InChI=1S/C21H24N4O/c1-15-9-10-16(2)18(13-15)23-20-14-19(17-7-4-3-5-8-17)24-21(25-20)22-11-6-12-26/h3-5,7-10,13-14,26H,6,11-12H2,1-2H3,(H2,22,23,24,25). The van der Waals surface area contributed by atoms with Crippen LogP contribution in [0.5, 0.6) is 0 Å². The number of benzene rings is 2. The quantitative estimate of drug-likeness (QED) is 0.555. The van der Waals surface area contributed by atoms with E-state index in [1.165, 1.54) is 5.56 Å². The fourth-order valence-electron chi connectivity index (χ4n) is 2.63. The van der Waals surface area contributed by atoms with E-state index in [1.54, 1.807) is 0 Å². The van der Waals surface area contributed by atoms with Crippen molar-refractivity contribution in [2.45, 2.75) is 20.3 Å². The van der Waals surface area contributed by atoms with Crippen molar-refractivity contribution in [3.05, 3.63) is 65.7 Å². The molecule has 0 atom stereocenters. The van der Waals surface area contributed by atoms with Crippen molar-refractivity contribution in [2.24, 2.45) is 0 Å². The van der Waals surface area contributed by atoms with E-state index < -0.39 is 0 Å². The van der Waals surface area contributed by atoms with E-state index in [-0.39, 0.29) is 6.61 Å². The SMILES string of the molecule is Cc1ccc(C)c(Nc2cc(-c3ccccc3)nc(NCCCO)n2)c1. The Kier molecular flexibility index (Phi) is 5.81. The maximum atomic E-state index is 8.99. The van der Waals surface area contributed by atoms with Gasteiger partial charge in [-0.05, 0) is 37.5 Å². The average Bonchev–Trinajstić information content (AvgIpc) is 2.65. The van der Waals surface area contributed by atoms with Gasteiger partial charge in [0, 0.05) is 30.5 Å². The lowest BCUT2D eigenvalue weighted by Gasteiger charge is -2.13. The molecule has 5 nitrogen and oxygen atoms in total. The minimum absolute atomic E-state index is 0.138. The summed E-state index contributed by atoms with van der Waals surface area (Å²) in [7, 11) is 0. The summed E-state index contributed by atoms with van der Waals surface area (Å²) >= 11 is 0. The number of aromatic nitrogens is 2. The summed E-state index contributed by atoms with van der Waals surface area (Å²) in [6, 6.07) is 18.3. The van der Waals surface area contributed by atoms with Gasteiger partial charge in [0.1, 0.15) is 5.82 Å². The minimum Gasteiger partial charge on any atom is -0.396 e. The van der Waals surface area contributed by atoms with Gasteiger partial charge < -0.3 is 15.7 Å². The Balaban J connectivity index is 1.95. The highest BCUT2D eigenvalue weighted by Gasteiger charge is 2.08. The minimum atomic E-state index is 0.138. The number of nitrogens with one attached hydrogen (secondary N) is 2. The number of rotatable bonds is 7. The molecular weight excluding hydrogens is 324 g/mol. The maximum absolute atomic E-state index is 8.99. The van der Waals surface area contributed by atoms with Crippen molar-refractivity contribution < 1.29 is 5.11 Å². The summed E-state index contributed by atoms with van der Waals surface area (Å²) < 4.78 is 0. The Labute approximate surface area is 154 Å². The zero-order valence-electron chi connectivity index (χ0n) is 15.2. The van der Waals surface area contributed by atoms with Gasteiger partial charge in [-0.3, -0.25) is 0 Å². The first kappa shape index (κ1) is 17.9. The summed E-state index contributed by atoms with van der Waals surface area (Å²) in [4.78, 5) is 9.20. The molecule has 0 amide bonds. The molecule has 0 unspecified atom stereocenters. The molecule has 0 aliphatic rings. The molecule has 0 saturated carbocycles. The van der Waals surface area contributed by atoms with Gasteiger partial charge in [0.15, 0.2) is 0 Å². The van der Waals surface area contributed by atoms with E-state index >= 15 is 0 Å². The second kappa shape index (κ2) is 8.45. The van der Waals surface area contributed by atoms with Crippen LogP contribution in [0.4, 0.5) is 17.5 Å². The third kappa shape index (κ3) is 4.58. The van der Waals surface area contributed by atoms with Crippen LogP contribution in [0.25, 0.3) is 11.3 Å². The molecule has 0 bridgehead atoms. The summed E-state index contributed by atoms with van der Waals surface area (Å²) in [6.07, 6.45) is 0.651. The van der Waals surface area contributed by atoms with Crippen molar-refractivity contribution in [1.82, 2.24) is 9.97 Å². The van der Waals surface area contributed by atoms with Gasteiger partial charge in [-0.2, -0.15) is 4.98 Å². The van der Waals surface area contributed by atoms with Gasteiger partial charge in [-0.1, -0.05) is 42.5 Å². The van der Waals surface area contributed by atoms with Gasteiger partial charge in [0.25, 0.3) is 0 Å². The van der Waals surface area contributed by atoms with Gasteiger partial charge in [0.2, 0.25) is 5.95 Å². The molecule has 3 rings (SSSR count). The van der Waals surface area contributed by atoms with Crippen LogP contribution in [0, 0.1) is 13.8 Å². The van der Waals surface area contributed by atoms with Gasteiger partial charge >= 0.3 is 0 Å².